The molecule has 0 spiro atoms. The molecule has 0 aliphatic carbocycles. The molecule has 65 valence electrons. The van der Waals surface area contributed by atoms with E-state index in [0.29, 0.717) is 4.86 Å². The first-order chi connectivity index (χ1) is 4.63. The van der Waals surface area contributed by atoms with Gasteiger partial charge in [0, 0.05) is 20.8 Å². The van der Waals surface area contributed by atoms with Gasteiger partial charge in [-0.1, -0.05) is 4.86 Å². The van der Waals surface area contributed by atoms with Crippen molar-refractivity contribution in [3.05, 3.63) is 12.1 Å². The molecule has 3 heteroatoms. The summed E-state index contributed by atoms with van der Waals surface area (Å²) >= 11 is 0. The zero-order valence-electron chi connectivity index (χ0n) is 8.01. The second kappa shape index (κ2) is 2.80. The van der Waals surface area contributed by atoms with Gasteiger partial charge in [-0.15, -0.1) is 0 Å². The highest BCUT2D eigenvalue weighted by Crippen LogP contribution is 2.12. The van der Waals surface area contributed by atoms with Crippen LogP contribution >= 0.6 is 0 Å². The largest absolute Gasteiger partial charge is 0.600 e. The first kappa shape index (κ1) is 10.4. The first-order valence-corrected chi connectivity index (χ1v) is 3.68. The van der Waals surface area contributed by atoms with E-state index in [0.717, 1.165) is 0 Å². The van der Waals surface area contributed by atoms with Gasteiger partial charge >= 0.3 is 0 Å². The number of hydroxylamine groups is 1. The molecule has 0 aliphatic rings. The summed E-state index contributed by atoms with van der Waals surface area (Å²) in [5.74, 6) is 0. The minimum atomic E-state index is -0.533. The third-order valence-electron chi connectivity index (χ3n) is 0.935. The van der Waals surface area contributed by atoms with Crippen molar-refractivity contribution in [1.82, 2.24) is 0 Å². The van der Waals surface area contributed by atoms with Crippen molar-refractivity contribution in [2.45, 2.75) is 45.7 Å². The minimum Gasteiger partial charge on any atom is -0.600 e. The summed E-state index contributed by atoms with van der Waals surface area (Å²) in [5.41, 5.74) is -0.996. The molecular formula is C8H17N2O. The molecule has 0 N–H and O–H groups in total. The molecule has 0 bridgehead atoms. The van der Waals surface area contributed by atoms with Gasteiger partial charge in [0.15, 0.2) is 5.54 Å². The number of rotatable bonds is 1. The van der Waals surface area contributed by atoms with E-state index in [1.54, 1.807) is 13.8 Å². The van der Waals surface area contributed by atoms with E-state index < -0.39 is 11.1 Å². The van der Waals surface area contributed by atoms with E-state index in [1.807, 2.05) is 20.8 Å². The summed E-state index contributed by atoms with van der Waals surface area (Å²) < 4.78 is 0. The van der Waals surface area contributed by atoms with Crippen LogP contribution < -0.4 is 0 Å². The van der Waals surface area contributed by atoms with Crippen molar-refractivity contribution in [2.24, 2.45) is 5.11 Å². The molecule has 0 heterocycles. The molecule has 0 rings (SSSR count). The van der Waals surface area contributed by atoms with Crippen LogP contribution in [0.3, 0.4) is 0 Å². The van der Waals surface area contributed by atoms with Gasteiger partial charge in [0.2, 0.25) is 0 Å². The fourth-order valence-corrected chi connectivity index (χ4v) is 0.396. The minimum absolute atomic E-state index is 0.463. The maximum Gasteiger partial charge on any atom is 0.190 e. The second-order valence-corrected chi connectivity index (χ2v) is 4.36. The van der Waals surface area contributed by atoms with Crippen molar-refractivity contribution in [3.63, 3.8) is 0 Å². The quantitative estimate of drug-likeness (QED) is 0.327. The summed E-state index contributed by atoms with van der Waals surface area (Å²) in [7, 11) is 0. The van der Waals surface area contributed by atoms with Crippen molar-refractivity contribution < 1.29 is 4.86 Å². The molecular weight excluding hydrogens is 140 g/mol. The summed E-state index contributed by atoms with van der Waals surface area (Å²) in [5, 5.41) is 15.0. The lowest BCUT2D eigenvalue weighted by molar-refractivity contribution is -0.603. The second-order valence-electron chi connectivity index (χ2n) is 4.36. The monoisotopic (exact) mass is 157 g/mol. The molecule has 3 nitrogen and oxygen atoms in total. The highest BCUT2D eigenvalue weighted by molar-refractivity contribution is 4.76. The molecule has 0 unspecified atom stereocenters. The van der Waals surface area contributed by atoms with E-state index in [2.05, 4.69) is 12.0 Å². The van der Waals surface area contributed by atoms with Crippen LogP contribution in [-0.2, 0) is 0 Å². The highest BCUT2D eigenvalue weighted by atomic mass is 16.5. The number of azo groups is 1. The Labute approximate surface area is 68.7 Å². The third-order valence-corrected chi connectivity index (χ3v) is 0.935. The molecule has 0 aliphatic heterocycles. The fraction of sp³-hybridized carbons (Fsp3) is 0.875. The summed E-state index contributed by atoms with van der Waals surface area (Å²) in [4.78, 5) is 0.708. The molecule has 0 amide bonds. The standard InChI is InChI=1S/C8H17N2O/c1-7(2,3)9-10(11)8(4,5)6/h1H2,2-6H3. The molecule has 0 aromatic carbocycles. The SMILES string of the molecule is [CH2]C(C)(C)N=[N+]([O-])C(C)(C)C. The van der Waals surface area contributed by atoms with E-state index in [9.17, 15) is 5.21 Å². The Balaban J connectivity index is 4.49. The van der Waals surface area contributed by atoms with Crippen molar-refractivity contribution in [2.75, 3.05) is 0 Å². The van der Waals surface area contributed by atoms with Crippen LogP contribution in [0.15, 0.2) is 5.11 Å². The van der Waals surface area contributed by atoms with Gasteiger partial charge in [0.05, 0.1) is 0 Å². The zero-order chi connectivity index (χ0) is 9.28. The Bertz CT molecular complexity index is 160. The highest BCUT2D eigenvalue weighted by Gasteiger charge is 2.23. The van der Waals surface area contributed by atoms with Crippen LogP contribution in [-0.4, -0.2) is 15.9 Å². The van der Waals surface area contributed by atoms with Crippen LogP contribution in [0, 0.1) is 12.1 Å². The average Bonchev–Trinajstić information content (AvgIpc) is 1.56. The van der Waals surface area contributed by atoms with Gasteiger partial charge in [-0.2, -0.15) is 0 Å². The Morgan fingerprint density at radius 3 is 1.64 bits per heavy atom. The maximum atomic E-state index is 11.2. The lowest BCUT2D eigenvalue weighted by atomic mass is 10.1. The van der Waals surface area contributed by atoms with E-state index in [4.69, 9.17) is 0 Å². The van der Waals surface area contributed by atoms with Gasteiger partial charge in [-0.25, -0.2) is 0 Å². The molecule has 0 atom stereocenters. The van der Waals surface area contributed by atoms with Gasteiger partial charge in [0.25, 0.3) is 0 Å². The predicted octanol–water partition coefficient (Wildman–Crippen LogP) is 2.36. The maximum absolute atomic E-state index is 11.2. The number of hydrogen-bond acceptors (Lipinski definition) is 2. The van der Waals surface area contributed by atoms with Crippen LogP contribution in [0.1, 0.15) is 34.6 Å². The third kappa shape index (κ3) is 4.76. The van der Waals surface area contributed by atoms with E-state index in [1.165, 1.54) is 0 Å². The average molecular weight is 157 g/mol. The lowest BCUT2D eigenvalue weighted by Gasteiger charge is -2.18. The Morgan fingerprint density at radius 1 is 1.18 bits per heavy atom. The van der Waals surface area contributed by atoms with Crippen molar-refractivity contribution in [3.8, 4) is 0 Å². The first-order valence-electron chi connectivity index (χ1n) is 3.68. The smallest absolute Gasteiger partial charge is 0.190 e. The molecule has 0 saturated heterocycles. The van der Waals surface area contributed by atoms with Gasteiger partial charge in [0.1, 0.15) is 5.54 Å². The molecule has 1 radical (unpaired) electrons. The van der Waals surface area contributed by atoms with Gasteiger partial charge in [-0.3, -0.25) is 0 Å². The fourth-order valence-electron chi connectivity index (χ4n) is 0.396. The van der Waals surface area contributed by atoms with E-state index >= 15 is 0 Å². The predicted molar refractivity (Wildman–Crippen MR) is 45.2 cm³/mol. The molecule has 0 fully saturated rings. The van der Waals surface area contributed by atoms with Gasteiger partial charge < -0.3 is 5.21 Å². The van der Waals surface area contributed by atoms with E-state index in [-0.39, 0.29) is 0 Å². The summed E-state index contributed by atoms with van der Waals surface area (Å²) in [6, 6.07) is 0. The normalized spacial score (nSPS) is 15.3. The Hall–Kier alpha value is -0.600. The van der Waals surface area contributed by atoms with Crippen molar-refractivity contribution >= 4 is 0 Å². The van der Waals surface area contributed by atoms with Crippen LogP contribution in [0.5, 0.6) is 0 Å². The topological polar surface area (TPSA) is 38.4 Å². The Kier molecular flexibility index (Phi) is 2.64. The number of hydrogen-bond donors (Lipinski definition) is 0. The van der Waals surface area contributed by atoms with Crippen LogP contribution in [0.4, 0.5) is 0 Å². The lowest BCUT2D eigenvalue weighted by Crippen LogP contribution is -2.30. The summed E-state index contributed by atoms with van der Waals surface area (Å²) in [6.07, 6.45) is 0. The van der Waals surface area contributed by atoms with Crippen LogP contribution in [0.2, 0.25) is 0 Å². The van der Waals surface area contributed by atoms with Crippen LogP contribution in [0.25, 0.3) is 0 Å². The number of nitrogens with zero attached hydrogens (tertiary/aromatic N) is 2. The summed E-state index contributed by atoms with van der Waals surface area (Å²) in [6.45, 7) is 12.8. The Morgan fingerprint density at radius 2 is 1.55 bits per heavy atom. The molecule has 11 heavy (non-hydrogen) atoms. The molecule has 0 saturated carbocycles. The molecule has 0 aromatic heterocycles. The van der Waals surface area contributed by atoms with Gasteiger partial charge in [-0.05, 0) is 25.9 Å². The van der Waals surface area contributed by atoms with Crippen molar-refractivity contribution in [1.29, 1.82) is 0 Å². The molecule has 0 aromatic rings. The zero-order valence-corrected chi connectivity index (χ0v) is 8.01.